The Kier molecular flexibility index (Phi) is 9.79. The minimum absolute atomic E-state index is 0.157. The molecule has 4 heteroatoms. The topological polar surface area (TPSA) is 9.23 Å². The summed E-state index contributed by atoms with van der Waals surface area (Å²) in [7, 11) is 1.54. The van der Waals surface area contributed by atoms with Crippen LogP contribution >= 0.6 is 0 Å². The summed E-state index contributed by atoms with van der Waals surface area (Å²) in [4.78, 5) is 0. The minimum Gasteiger partial charge on any atom is -0.497 e. The third kappa shape index (κ3) is 6.66. The van der Waals surface area contributed by atoms with Crippen LogP contribution in [0.15, 0.2) is 30.3 Å². The van der Waals surface area contributed by atoms with Gasteiger partial charge in [-0.15, -0.1) is 0 Å². The number of hydrogen-bond donors (Lipinski definition) is 0. The summed E-state index contributed by atoms with van der Waals surface area (Å²) in [6, 6.07) is 8.82. The molecular weight excluding hydrogens is 457 g/mol. The summed E-state index contributed by atoms with van der Waals surface area (Å²) >= 11 is 0. The number of hydrogen-bond acceptors (Lipinski definition) is 1. The predicted octanol–water partition coefficient (Wildman–Crippen LogP) is 9.87. The van der Waals surface area contributed by atoms with Crippen molar-refractivity contribution in [2.45, 2.75) is 109 Å². The highest BCUT2D eigenvalue weighted by Gasteiger charge is 2.27. The van der Waals surface area contributed by atoms with Crippen LogP contribution in [0.4, 0.5) is 13.2 Å². The van der Waals surface area contributed by atoms with Crippen LogP contribution in [0.2, 0.25) is 0 Å². The predicted molar refractivity (Wildman–Crippen MR) is 141 cm³/mol. The number of aryl methyl sites for hydroxylation is 1. The fraction of sp³-hybridized carbons (Fsp3) is 0.625. The average Bonchev–Trinajstić information content (AvgIpc) is 2.90. The molecule has 0 unspecified atom stereocenters. The molecule has 0 heterocycles. The Balaban J connectivity index is 1.26. The summed E-state index contributed by atoms with van der Waals surface area (Å²) in [5, 5.41) is 0. The maximum Gasteiger partial charge on any atom is 0.162 e. The van der Waals surface area contributed by atoms with Crippen LogP contribution in [-0.4, -0.2) is 7.11 Å². The van der Waals surface area contributed by atoms with Crippen molar-refractivity contribution < 1.29 is 17.9 Å². The van der Waals surface area contributed by atoms with Crippen molar-refractivity contribution in [1.29, 1.82) is 0 Å². The van der Waals surface area contributed by atoms with Gasteiger partial charge in [0.1, 0.15) is 11.6 Å². The second kappa shape index (κ2) is 13.0. The van der Waals surface area contributed by atoms with Gasteiger partial charge < -0.3 is 4.74 Å². The zero-order valence-electron chi connectivity index (χ0n) is 22.1. The van der Waals surface area contributed by atoms with E-state index in [1.165, 1.54) is 31.7 Å². The van der Waals surface area contributed by atoms with Gasteiger partial charge in [-0.3, -0.25) is 0 Å². The summed E-state index contributed by atoms with van der Waals surface area (Å²) in [5.41, 5.74) is 1.87. The van der Waals surface area contributed by atoms with Crippen LogP contribution in [-0.2, 0) is 6.42 Å². The maximum absolute atomic E-state index is 15.1. The normalized spacial score (nSPS) is 24.6. The second-order valence-corrected chi connectivity index (χ2v) is 11.3. The standard InChI is InChI=1S/C32H43F3O/c1-3-4-5-6-22-7-14-25(15-8-22)29-19-17-26(31(34)32(29)35)16-11-23-9-12-24(13-10-23)28-20-18-27(36-2)21-30(28)33/h17-25H,3-16H2,1-2H3. The van der Waals surface area contributed by atoms with Gasteiger partial charge in [-0.2, -0.15) is 0 Å². The Bertz CT molecular complexity index is 972. The molecule has 0 N–H and O–H groups in total. The van der Waals surface area contributed by atoms with Crippen molar-refractivity contribution in [1.82, 2.24) is 0 Å². The molecule has 2 saturated carbocycles. The van der Waals surface area contributed by atoms with E-state index in [4.69, 9.17) is 4.74 Å². The number of rotatable bonds is 10. The van der Waals surface area contributed by atoms with Crippen LogP contribution in [0.25, 0.3) is 0 Å². The molecule has 2 aromatic carbocycles. The Morgan fingerprint density at radius 1 is 0.722 bits per heavy atom. The van der Waals surface area contributed by atoms with Gasteiger partial charge in [-0.25, -0.2) is 13.2 Å². The molecule has 2 aliphatic rings. The Labute approximate surface area is 215 Å². The van der Waals surface area contributed by atoms with Gasteiger partial charge >= 0.3 is 0 Å². The molecule has 0 aromatic heterocycles. The van der Waals surface area contributed by atoms with Gasteiger partial charge in [0.2, 0.25) is 0 Å². The van der Waals surface area contributed by atoms with Crippen molar-refractivity contribution in [3.05, 3.63) is 64.5 Å². The van der Waals surface area contributed by atoms with Gasteiger partial charge in [0.05, 0.1) is 7.11 Å². The van der Waals surface area contributed by atoms with Gasteiger partial charge in [-0.1, -0.05) is 50.8 Å². The molecule has 0 aliphatic heterocycles. The lowest BCUT2D eigenvalue weighted by Crippen LogP contribution is -2.16. The lowest BCUT2D eigenvalue weighted by molar-refractivity contribution is 0.296. The largest absolute Gasteiger partial charge is 0.497 e. The lowest BCUT2D eigenvalue weighted by Gasteiger charge is -2.30. The molecule has 0 amide bonds. The molecule has 2 aliphatic carbocycles. The zero-order chi connectivity index (χ0) is 25.5. The highest BCUT2D eigenvalue weighted by Crippen LogP contribution is 2.41. The molecule has 0 saturated heterocycles. The van der Waals surface area contributed by atoms with E-state index in [0.29, 0.717) is 29.2 Å². The van der Waals surface area contributed by atoms with Crippen LogP contribution in [0.5, 0.6) is 5.75 Å². The summed E-state index contributed by atoms with van der Waals surface area (Å²) in [6.07, 6.45) is 14.7. The minimum atomic E-state index is -0.633. The number of unbranched alkanes of at least 4 members (excludes halogenated alkanes) is 2. The van der Waals surface area contributed by atoms with E-state index in [1.54, 1.807) is 7.11 Å². The van der Waals surface area contributed by atoms with Crippen molar-refractivity contribution in [2.75, 3.05) is 7.11 Å². The van der Waals surface area contributed by atoms with Crippen molar-refractivity contribution in [3.8, 4) is 5.75 Å². The lowest BCUT2D eigenvalue weighted by atomic mass is 9.76. The summed E-state index contributed by atoms with van der Waals surface area (Å²) < 4.78 is 49.7. The van der Waals surface area contributed by atoms with Crippen LogP contribution in [0.1, 0.15) is 119 Å². The number of ether oxygens (including phenoxy) is 1. The van der Waals surface area contributed by atoms with E-state index in [0.717, 1.165) is 69.3 Å². The molecule has 0 radical (unpaired) electrons. The molecule has 2 aromatic rings. The molecule has 36 heavy (non-hydrogen) atoms. The smallest absolute Gasteiger partial charge is 0.162 e. The van der Waals surface area contributed by atoms with Crippen LogP contribution in [0, 0.1) is 29.3 Å². The van der Waals surface area contributed by atoms with Gasteiger partial charge in [0, 0.05) is 6.07 Å². The molecular formula is C32H43F3O. The maximum atomic E-state index is 15.1. The molecule has 198 valence electrons. The number of halogens is 3. The van der Waals surface area contributed by atoms with Gasteiger partial charge in [0.15, 0.2) is 11.6 Å². The molecule has 1 nitrogen and oxygen atoms in total. The first-order valence-corrected chi connectivity index (χ1v) is 14.3. The molecule has 4 rings (SSSR count). The van der Waals surface area contributed by atoms with E-state index in [2.05, 4.69) is 6.92 Å². The van der Waals surface area contributed by atoms with Crippen molar-refractivity contribution >= 4 is 0 Å². The van der Waals surface area contributed by atoms with Crippen molar-refractivity contribution in [2.24, 2.45) is 11.8 Å². The first kappa shape index (κ1) is 27.1. The third-order valence-corrected chi connectivity index (χ3v) is 9.01. The Morgan fingerprint density at radius 3 is 1.94 bits per heavy atom. The van der Waals surface area contributed by atoms with E-state index in [9.17, 15) is 4.39 Å². The molecule has 0 bridgehead atoms. The highest BCUT2D eigenvalue weighted by atomic mass is 19.2. The van der Waals surface area contributed by atoms with E-state index in [-0.39, 0.29) is 17.7 Å². The number of benzene rings is 2. The Morgan fingerprint density at radius 2 is 1.33 bits per heavy atom. The van der Waals surface area contributed by atoms with E-state index in [1.807, 2.05) is 24.3 Å². The van der Waals surface area contributed by atoms with Crippen LogP contribution in [0.3, 0.4) is 0 Å². The number of methoxy groups -OCH3 is 1. The van der Waals surface area contributed by atoms with Gasteiger partial charge in [0.25, 0.3) is 0 Å². The second-order valence-electron chi connectivity index (χ2n) is 11.3. The molecule has 0 spiro atoms. The summed E-state index contributed by atoms with van der Waals surface area (Å²) in [5.74, 6) is 0.726. The summed E-state index contributed by atoms with van der Waals surface area (Å²) in [6.45, 7) is 2.23. The SMILES string of the molecule is CCCCCC1CCC(c2ccc(CCC3CCC(c4ccc(OC)cc4F)CC3)c(F)c2F)CC1. The van der Waals surface area contributed by atoms with E-state index < -0.39 is 11.6 Å². The fourth-order valence-corrected chi connectivity index (χ4v) is 6.65. The first-order valence-electron chi connectivity index (χ1n) is 14.3. The van der Waals surface area contributed by atoms with Gasteiger partial charge in [-0.05, 0) is 111 Å². The zero-order valence-corrected chi connectivity index (χ0v) is 22.1. The fourth-order valence-electron chi connectivity index (χ4n) is 6.65. The van der Waals surface area contributed by atoms with E-state index >= 15 is 8.78 Å². The van der Waals surface area contributed by atoms with Crippen LogP contribution < -0.4 is 4.74 Å². The first-order chi connectivity index (χ1) is 17.5. The average molecular weight is 501 g/mol. The molecule has 0 atom stereocenters. The van der Waals surface area contributed by atoms with Crippen molar-refractivity contribution in [3.63, 3.8) is 0 Å². The quantitative estimate of drug-likeness (QED) is 0.295. The molecule has 2 fully saturated rings. The Hall–Kier alpha value is -1.97. The third-order valence-electron chi connectivity index (χ3n) is 9.01. The monoisotopic (exact) mass is 500 g/mol. The highest BCUT2D eigenvalue weighted by molar-refractivity contribution is 5.32.